The van der Waals surface area contributed by atoms with Crippen molar-refractivity contribution in [1.82, 2.24) is 20.6 Å². The maximum absolute atomic E-state index is 12.7. The van der Waals surface area contributed by atoms with Gasteiger partial charge in [0.25, 0.3) is 0 Å². The van der Waals surface area contributed by atoms with Crippen molar-refractivity contribution >= 4 is 23.8 Å². The van der Waals surface area contributed by atoms with Crippen LogP contribution in [0, 0.1) is 0 Å². The van der Waals surface area contributed by atoms with E-state index in [1.165, 1.54) is 18.9 Å². The molecule has 0 bridgehead atoms. The number of thioether (sulfide) groups is 1. The zero-order valence-corrected chi connectivity index (χ0v) is 25.7. The molecular formula is C34H36N4O6S. The number of ether oxygens (including phenoxy) is 3. The second-order valence-electron chi connectivity index (χ2n) is 10.5. The van der Waals surface area contributed by atoms with Crippen LogP contribution in [0.2, 0.25) is 0 Å². The smallest absolute Gasteiger partial charge is 0.328 e. The Morgan fingerprint density at radius 2 is 1.60 bits per heavy atom. The molecule has 0 radical (unpaired) electrons. The van der Waals surface area contributed by atoms with Crippen molar-refractivity contribution in [1.29, 1.82) is 0 Å². The number of aliphatic hydroxyl groups excluding tert-OH is 1. The highest BCUT2D eigenvalue weighted by molar-refractivity contribution is 7.99. The van der Waals surface area contributed by atoms with Gasteiger partial charge in [0.1, 0.15) is 6.04 Å². The molecular weight excluding hydrogens is 592 g/mol. The van der Waals surface area contributed by atoms with Crippen molar-refractivity contribution in [3.8, 4) is 0 Å². The molecule has 4 atom stereocenters. The van der Waals surface area contributed by atoms with Gasteiger partial charge in [-0.3, -0.25) is 0 Å². The van der Waals surface area contributed by atoms with Crippen LogP contribution in [0.1, 0.15) is 46.6 Å². The largest absolute Gasteiger partial charge is 0.467 e. The zero-order valence-electron chi connectivity index (χ0n) is 24.9. The van der Waals surface area contributed by atoms with Crippen molar-refractivity contribution in [3.63, 3.8) is 0 Å². The normalized spacial score (nSPS) is 18.5. The number of carbonyl (C=O) groups excluding carboxylic acids is 2. The highest BCUT2D eigenvalue weighted by Crippen LogP contribution is 2.39. The van der Waals surface area contributed by atoms with Crippen molar-refractivity contribution in [3.05, 3.63) is 125 Å². The van der Waals surface area contributed by atoms with Crippen LogP contribution >= 0.6 is 11.8 Å². The highest BCUT2D eigenvalue weighted by Gasteiger charge is 2.32. The minimum atomic E-state index is -0.812. The summed E-state index contributed by atoms with van der Waals surface area (Å²) >= 11 is 1.54. The van der Waals surface area contributed by atoms with Gasteiger partial charge in [0.05, 0.1) is 25.9 Å². The molecule has 234 valence electrons. The molecule has 0 spiro atoms. The van der Waals surface area contributed by atoms with Gasteiger partial charge in [0, 0.05) is 43.1 Å². The van der Waals surface area contributed by atoms with E-state index in [-0.39, 0.29) is 25.4 Å². The molecule has 1 aliphatic heterocycles. The fourth-order valence-electron chi connectivity index (χ4n) is 4.92. The molecule has 1 fully saturated rings. The summed E-state index contributed by atoms with van der Waals surface area (Å²) in [6.45, 7) is 0.240. The Morgan fingerprint density at radius 1 is 0.911 bits per heavy atom. The Labute approximate surface area is 266 Å². The molecule has 5 rings (SSSR count). The topological polar surface area (TPSA) is 132 Å². The summed E-state index contributed by atoms with van der Waals surface area (Å²) in [5.41, 5.74) is 4.47. The van der Waals surface area contributed by atoms with Crippen LogP contribution in [0.25, 0.3) is 0 Å². The van der Waals surface area contributed by atoms with E-state index >= 15 is 0 Å². The monoisotopic (exact) mass is 628 g/mol. The number of urea groups is 1. The number of amides is 2. The van der Waals surface area contributed by atoms with Crippen LogP contribution in [0.15, 0.2) is 102 Å². The number of carbonyl (C=O) groups is 2. The maximum Gasteiger partial charge on any atom is 0.328 e. The van der Waals surface area contributed by atoms with Gasteiger partial charge in [-0.25, -0.2) is 19.6 Å². The lowest BCUT2D eigenvalue weighted by Gasteiger charge is -2.36. The number of hydrogen-bond acceptors (Lipinski definition) is 9. The number of hydrogen-bond donors (Lipinski definition) is 3. The third-order valence-electron chi connectivity index (χ3n) is 7.33. The SMILES string of the molecule is COC(=O)C(Cc1ccccc1)NC(=O)NCc1ccc(C2OC(CSc3ncccn3)CC(c3ccc(CO)cc3)O2)cc1. The van der Waals surface area contributed by atoms with Gasteiger partial charge in [-0.15, -0.1) is 0 Å². The third kappa shape index (κ3) is 9.35. The number of nitrogens with one attached hydrogen (secondary N) is 2. The first-order valence-electron chi connectivity index (χ1n) is 14.7. The van der Waals surface area contributed by atoms with E-state index < -0.39 is 24.3 Å². The lowest BCUT2D eigenvalue weighted by molar-refractivity contribution is -0.245. The summed E-state index contributed by atoms with van der Waals surface area (Å²) in [6, 6.07) is 25.4. The van der Waals surface area contributed by atoms with E-state index in [0.717, 1.165) is 27.8 Å². The molecule has 1 aromatic heterocycles. The molecule has 0 saturated carbocycles. The van der Waals surface area contributed by atoms with Gasteiger partial charge in [-0.05, 0) is 28.3 Å². The molecule has 11 heteroatoms. The van der Waals surface area contributed by atoms with E-state index in [2.05, 4.69) is 20.6 Å². The first-order chi connectivity index (χ1) is 22.0. The number of nitrogens with zero attached hydrogens (tertiary/aromatic N) is 2. The van der Waals surface area contributed by atoms with Gasteiger partial charge in [-0.1, -0.05) is 90.6 Å². The van der Waals surface area contributed by atoms with Crippen molar-refractivity contribution in [2.75, 3.05) is 12.9 Å². The molecule has 3 N–H and O–H groups in total. The molecule has 10 nitrogen and oxygen atoms in total. The first kappa shape index (κ1) is 32.1. The standard InChI is InChI=1S/C34H36N4O6S/c1-42-31(40)29(18-23-6-3-2-4-7-23)38-33(41)37-20-24-8-14-27(15-9-24)32-43-28(22-45-34-35-16-5-17-36-34)19-30(44-32)26-12-10-25(21-39)11-13-26/h2-17,28-30,32,39H,18-22H2,1H3,(H2,37,38,41). The van der Waals surface area contributed by atoms with Crippen LogP contribution in [0.4, 0.5) is 4.79 Å². The fraction of sp³-hybridized carbons (Fsp3) is 0.294. The average Bonchev–Trinajstić information content (AvgIpc) is 3.10. The maximum atomic E-state index is 12.7. The molecule has 45 heavy (non-hydrogen) atoms. The molecule has 1 aliphatic rings. The minimum Gasteiger partial charge on any atom is -0.467 e. The quantitative estimate of drug-likeness (QED) is 0.114. The molecule has 2 heterocycles. The Bertz CT molecular complexity index is 1510. The van der Waals surface area contributed by atoms with Crippen LogP contribution in [-0.4, -0.2) is 52.1 Å². The Balaban J connectivity index is 1.21. The van der Waals surface area contributed by atoms with Gasteiger partial charge < -0.3 is 30.0 Å². The van der Waals surface area contributed by atoms with E-state index in [1.54, 1.807) is 18.5 Å². The van der Waals surface area contributed by atoms with Crippen molar-refractivity contribution in [2.24, 2.45) is 0 Å². The third-order valence-corrected chi connectivity index (χ3v) is 8.34. The van der Waals surface area contributed by atoms with Crippen molar-refractivity contribution < 1.29 is 28.9 Å². The number of methoxy groups -OCH3 is 1. The average molecular weight is 629 g/mol. The molecule has 2 amide bonds. The van der Waals surface area contributed by atoms with Crippen LogP contribution in [0.3, 0.4) is 0 Å². The van der Waals surface area contributed by atoms with E-state index in [9.17, 15) is 14.7 Å². The van der Waals surface area contributed by atoms with Crippen molar-refractivity contribution in [2.45, 2.75) is 55.7 Å². The predicted octanol–water partition coefficient (Wildman–Crippen LogP) is 4.89. The van der Waals surface area contributed by atoms with Gasteiger partial charge >= 0.3 is 12.0 Å². The van der Waals surface area contributed by atoms with Gasteiger partial charge in [0.15, 0.2) is 11.4 Å². The zero-order chi connectivity index (χ0) is 31.4. The second kappa shape index (κ2) is 16.1. The fourth-order valence-corrected chi connectivity index (χ4v) is 5.74. The van der Waals surface area contributed by atoms with E-state index in [1.807, 2.05) is 78.9 Å². The number of rotatable bonds is 12. The van der Waals surface area contributed by atoms with Crippen LogP contribution in [-0.2, 0) is 38.6 Å². The molecule has 0 aliphatic carbocycles. The van der Waals surface area contributed by atoms with E-state index in [0.29, 0.717) is 23.8 Å². The second-order valence-corrected chi connectivity index (χ2v) is 11.5. The number of benzene rings is 3. The Morgan fingerprint density at radius 3 is 2.29 bits per heavy atom. The summed E-state index contributed by atoms with van der Waals surface area (Å²) in [5.74, 6) is 0.143. The van der Waals surface area contributed by atoms with Crippen LogP contribution in [0.5, 0.6) is 0 Å². The van der Waals surface area contributed by atoms with Crippen LogP contribution < -0.4 is 10.6 Å². The summed E-state index contributed by atoms with van der Waals surface area (Å²) in [7, 11) is 1.30. The van der Waals surface area contributed by atoms with Gasteiger partial charge in [0.2, 0.25) is 0 Å². The molecule has 4 unspecified atom stereocenters. The summed E-state index contributed by atoms with van der Waals surface area (Å²) in [4.78, 5) is 33.6. The number of aromatic nitrogens is 2. The summed E-state index contributed by atoms with van der Waals surface area (Å²) < 4.78 is 17.7. The first-order valence-corrected chi connectivity index (χ1v) is 15.6. The lowest BCUT2D eigenvalue weighted by Crippen LogP contribution is -2.47. The highest BCUT2D eigenvalue weighted by atomic mass is 32.2. The molecule has 3 aromatic carbocycles. The summed E-state index contributed by atoms with van der Waals surface area (Å²) in [5, 5.41) is 15.7. The Kier molecular flexibility index (Phi) is 11.5. The molecule has 1 saturated heterocycles. The minimum absolute atomic E-state index is 0.0176. The Hall–Kier alpha value is -4.29. The van der Waals surface area contributed by atoms with E-state index in [4.69, 9.17) is 14.2 Å². The lowest BCUT2D eigenvalue weighted by atomic mass is 10.0. The number of esters is 1. The predicted molar refractivity (Wildman–Crippen MR) is 169 cm³/mol. The molecule has 4 aromatic rings. The summed E-state index contributed by atoms with van der Waals surface area (Å²) in [6.07, 6.45) is 3.48. The number of aliphatic hydroxyl groups is 1. The van der Waals surface area contributed by atoms with Gasteiger partial charge in [-0.2, -0.15) is 0 Å².